The van der Waals surface area contributed by atoms with Crippen LogP contribution in [0.1, 0.15) is 12.8 Å². The first-order valence-electron chi connectivity index (χ1n) is 5.92. The Hall–Kier alpha value is -1.35. The quantitative estimate of drug-likeness (QED) is 0.755. The molecule has 0 atom stereocenters. The van der Waals surface area contributed by atoms with Crippen LogP contribution in [-0.4, -0.2) is 67.1 Å². The summed E-state index contributed by atoms with van der Waals surface area (Å²) in [7, 11) is 1.42. The summed E-state index contributed by atoms with van der Waals surface area (Å²) >= 11 is 0. The third kappa shape index (κ3) is 4.64. The minimum Gasteiger partial charge on any atom is -0.475 e. The molecule has 0 bridgehead atoms. The number of ether oxygens (including phenoxy) is 2. The van der Waals surface area contributed by atoms with Gasteiger partial charge in [-0.25, -0.2) is 4.79 Å². The zero-order valence-electron chi connectivity index (χ0n) is 10.9. The van der Waals surface area contributed by atoms with Gasteiger partial charge < -0.3 is 14.6 Å². The second kappa shape index (κ2) is 6.40. The number of carboxylic acids is 1. The van der Waals surface area contributed by atoms with Crippen LogP contribution in [0, 0.1) is 0 Å². The smallest absolute Gasteiger partial charge is 0.475 e. The lowest BCUT2D eigenvalue weighted by Crippen LogP contribution is -2.62. The fraction of sp³-hybridized carbons (Fsp3) is 0.818. The first-order chi connectivity index (χ1) is 9.18. The highest BCUT2D eigenvalue weighted by Gasteiger charge is 2.46. The molecular weight excluding hydrogens is 283 g/mol. The number of aliphatic carboxylic acids is 1. The standard InChI is InChI=1S/C9H15NO3.C2HF3O2/c1-12-8(11)5-10-6-9(7-10)3-2-4-13-9;3-2(4,5)1(6)7/h2-7H2,1H3;(H,6,7). The van der Waals surface area contributed by atoms with Gasteiger partial charge in [0.2, 0.25) is 0 Å². The number of carbonyl (C=O) groups excluding carboxylic acids is 1. The molecule has 0 saturated carbocycles. The summed E-state index contributed by atoms with van der Waals surface area (Å²) in [6.07, 6.45) is -2.78. The fourth-order valence-corrected chi connectivity index (χ4v) is 2.13. The third-order valence-corrected chi connectivity index (χ3v) is 3.03. The van der Waals surface area contributed by atoms with Crippen LogP contribution in [0.3, 0.4) is 0 Å². The minimum absolute atomic E-state index is 0.0913. The van der Waals surface area contributed by atoms with Gasteiger partial charge in [0.05, 0.1) is 19.3 Å². The van der Waals surface area contributed by atoms with Crippen LogP contribution in [-0.2, 0) is 19.1 Å². The third-order valence-electron chi connectivity index (χ3n) is 3.03. The van der Waals surface area contributed by atoms with Gasteiger partial charge in [-0.2, -0.15) is 13.2 Å². The van der Waals surface area contributed by atoms with Crippen molar-refractivity contribution in [2.45, 2.75) is 24.6 Å². The Kier molecular flexibility index (Phi) is 5.35. The fourth-order valence-electron chi connectivity index (χ4n) is 2.13. The lowest BCUT2D eigenvalue weighted by molar-refractivity contribution is -0.192. The number of esters is 1. The van der Waals surface area contributed by atoms with Crippen molar-refractivity contribution in [3.05, 3.63) is 0 Å². The van der Waals surface area contributed by atoms with E-state index in [9.17, 15) is 18.0 Å². The molecule has 9 heteroatoms. The first-order valence-corrected chi connectivity index (χ1v) is 5.92. The SMILES string of the molecule is COC(=O)CN1CC2(CCCO2)C1.O=C(O)C(F)(F)F. The Morgan fingerprint density at radius 3 is 2.30 bits per heavy atom. The molecule has 2 aliphatic rings. The topological polar surface area (TPSA) is 76.1 Å². The maximum Gasteiger partial charge on any atom is 0.490 e. The molecule has 0 aromatic carbocycles. The summed E-state index contributed by atoms with van der Waals surface area (Å²) in [6, 6.07) is 0. The highest BCUT2D eigenvalue weighted by atomic mass is 19.4. The molecular formula is C11H16F3NO5. The normalized spacial score (nSPS) is 20.8. The Morgan fingerprint density at radius 1 is 1.40 bits per heavy atom. The predicted molar refractivity (Wildman–Crippen MR) is 60.1 cm³/mol. The molecule has 0 aromatic rings. The predicted octanol–water partition coefficient (Wildman–Crippen LogP) is 0.657. The Balaban J connectivity index is 0.000000246. The molecule has 6 nitrogen and oxygen atoms in total. The zero-order valence-corrected chi connectivity index (χ0v) is 10.9. The molecule has 0 unspecified atom stereocenters. The van der Waals surface area contributed by atoms with Gasteiger partial charge in [0.25, 0.3) is 0 Å². The van der Waals surface area contributed by atoms with Crippen molar-refractivity contribution < 1.29 is 37.3 Å². The largest absolute Gasteiger partial charge is 0.490 e. The lowest BCUT2D eigenvalue weighted by Gasteiger charge is -2.46. The van der Waals surface area contributed by atoms with E-state index in [0.717, 1.165) is 32.5 Å². The molecule has 2 aliphatic heterocycles. The van der Waals surface area contributed by atoms with Gasteiger partial charge in [-0.1, -0.05) is 0 Å². The highest BCUT2D eigenvalue weighted by Crippen LogP contribution is 2.34. The van der Waals surface area contributed by atoms with Gasteiger partial charge in [0.1, 0.15) is 0 Å². The van der Waals surface area contributed by atoms with Gasteiger partial charge in [0, 0.05) is 19.7 Å². The summed E-state index contributed by atoms with van der Waals surface area (Å²) in [5.74, 6) is -2.92. The van der Waals surface area contributed by atoms with Crippen LogP contribution < -0.4 is 0 Å². The number of halogens is 3. The van der Waals surface area contributed by atoms with Crippen molar-refractivity contribution in [3.63, 3.8) is 0 Å². The monoisotopic (exact) mass is 299 g/mol. The summed E-state index contributed by atoms with van der Waals surface area (Å²) in [5, 5.41) is 7.12. The van der Waals surface area contributed by atoms with Crippen LogP contribution >= 0.6 is 0 Å². The van der Waals surface area contributed by atoms with E-state index >= 15 is 0 Å². The molecule has 2 heterocycles. The molecule has 0 amide bonds. The molecule has 2 saturated heterocycles. The van der Waals surface area contributed by atoms with Gasteiger partial charge >= 0.3 is 18.1 Å². The van der Waals surface area contributed by atoms with Crippen LogP contribution in [0.4, 0.5) is 13.2 Å². The molecule has 116 valence electrons. The van der Waals surface area contributed by atoms with E-state index in [4.69, 9.17) is 14.6 Å². The zero-order chi connectivity index (χ0) is 15.4. The summed E-state index contributed by atoms with van der Waals surface area (Å²) in [6.45, 7) is 3.07. The Bertz CT molecular complexity index is 358. The maximum atomic E-state index is 10.9. The van der Waals surface area contributed by atoms with Crippen LogP contribution in [0.5, 0.6) is 0 Å². The number of methoxy groups -OCH3 is 1. The van der Waals surface area contributed by atoms with Crippen LogP contribution in [0.15, 0.2) is 0 Å². The number of hydrogen-bond acceptors (Lipinski definition) is 5. The van der Waals surface area contributed by atoms with Gasteiger partial charge in [-0.3, -0.25) is 9.69 Å². The van der Waals surface area contributed by atoms with E-state index in [1.54, 1.807) is 0 Å². The number of carboxylic acid groups (broad SMARTS) is 1. The van der Waals surface area contributed by atoms with E-state index < -0.39 is 12.1 Å². The maximum absolute atomic E-state index is 10.9. The van der Waals surface area contributed by atoms with Crippen molar-refractivity contribution in [2.75, 3.05) is 33.4 Å². The van der Waals surface area contributed by atoms with E-state index in [1.807, 2.05) is 0 Å². The second-order valence-electron chi connectivity index (χ2n) is 4.66. The Morgan fingerprint density at radius 2 is 1.95 bits per heavy atom. The summed E-state index contributed by atoms with van der Waals surface area (Å²) < 4.78 is 42.0. The van der Waals surface area contributed by atoms with Gasteiger partial charge in [-0.15, -0.1) is 0 Å². The average Bonchev–Trinajstić information content (AvgIpc) is 2.77. The van der Waals surface area contributed by atoms with Crippen molar-refractivity contribution in [3.8, 4) is 0 Å². The van der Waals surface area contributed by atoms with Crippen molar-refractivity contribution in [1.82, 2.24) is 4.90 Å². The number of likely N-dealkylation sites (tertiary alicyclic amines) is 1. The summed E-state index contributed by atoms with van der Waals surface area (Å²) in [5.41, 5.74) is 0.0913. The van der Waals surface area contributed by atoms with E-state index in [-0.39, 0.29) is 11.6 Å². The molecule has 2 fully saturated rings. The van der Waals surface area contributed by atoms with E-state index in [2.05, 4.69) is 9.64 Å². The number of alkyl halides is 3. The van der Waals surface area contributed by atoms with Crippen molar-refractivity contribution in [2.24, 2.45) is 0 Å². The van der Waals surface area contributed by atoms with E-state index in [0.29, 0.717) is 6.54 Å². The van der Waals surface area contributed by atoms with Crippen LogP contribution in [0.25, 0.3) is 0 Å². The van der Waals surface area contributed by atoms with Crippen LogP contribution in [0.2, 0.25) is 0 Å². The first kappa shape index (κ1) is 16.7. The molecule has 1 spiro atoms. The number of rotatable bonds is 2. The van der Waals surface area contributed by atoms with Crippen molar-refractivity contribution >= 4 is 11.9 Å². The number of hydrogen-bond donors (Lipinski definition) is 1. The molecule has 1 N–H and O–H groups in total. The lowest BCUT2D eigenvalue weighted by atomic mass is 9.91. The number of carbonyl (C=O) groups is 2. The molecule has 0 aliphatic carbocycles. The minimum atomic E-state index is -5.08. The Labute approximate surface area is 113 Å². The molecule has 0 radical (unpaired) electrons. The molecule has 2 rings (SSSR count). The van der Waals surface area contributed by atoms with Gasteiger partial charge in [-0.05, 0) is 12.8 Å². The van der Waals surface area contributed by atoms with Gasteiger partial charge in [0.15, 0.2) is 0 Å². The average molecular weight is 299 g/mol. The second-order valence-corrected chi connectivity index (χ2v) is 4.66. The van der Waals surface area contributed by atoms with Crippen molar-refractivity contribution in [1.29, 1.82) is 0 Å². The number of nitrogens with zero attached hydrogens (tertiary/aromatic N) is 1. The summed E-state index contributed by atoms with van der Waals surface area (Å²) in [4.78, 5) is 21.9. The molecule has 20 heavy (non-hydrogen) atoms. The molecule has 0 aromatic heterocycles. The van der Waals surface area contributed by atoms with E-state index in [1.165, 1.54) is 7.11 Å². The highest BCUT2D eigenvalue weighted by molar-refractivity contribution is 5.73.